The third-order valence-electron chi connectivity index (χ3n) is 4.10. The number of benzene rings is 3. The topological polar surface area (TPSA) is 12.9 Å². The molecule has 1 nitrogen and oxygen atoms in total. The van der Waals surface area contributed by atoms with E-state index in [1.807, 2.05) is 12.3 Å². The first-order valence-electron chi connectivity index (χ1n) is 6.99. The van der Waals surface area contributed by atoms with Crippen molar-refractivity contribution >= 4 is 55.5 Å². The van der Waals surface area contributed by atoms with E-state index in [4.69, 9.17) is 0 Å². The minimum atomic E-state index is 0.372. The average molecular weight is 332 g/mol. The average Bonchev–Trinajstić information content (AvgIpc) is 2.94. The van der Waals surface area contributed by atoms with Gasteiger partial charge in [-0.2, -0.15) is 0 Å². The van der Waals surface area contributed by atoms with Crippen molar-refractivity contribution in [2.45, 2.75) is 0 Å². The van der Waals surface area contributed by atoms with E-state index in [2.05, 4.69) is 59.6 Å². The fourth-order valence-corrected chi connectivity index (χ4v) is 5.73. The van der Waals surface area contributed by atoms with Gasteiger partial charge >= 0.3 is 127 Å². The van der Waals surface area contributed by atoms with Crippen LogP contribution in [0.5, 0.6) is 0 Å². The summed E-state index contributed by atoms with van der Waals surface area (Å²) in [5.74, 6) is 0. The zero-order chi connectivity index (χ0) is 13.8. The first-order valence-corrected chi connectivity index (χ1v) is 8.71. The Hall–Kier alpha value is -2.15. The number of pyridine rings is 1. The van der Waals surface area contributed by atoms with Gasteiger partial charge in [-0.25, -0.2) is 0 Å². The van der Waals surface area contributed by atoms with E-state index in [0.717, 1.165) is 5.52 Å². The van der Waals surface area contributed by atoms with Crippen LogP contribution in [0.1, 0.15) is 0 Å². The number of fused-ring (bicyclic) bond motifs is 7. The number of nitrogens with zero attached hydrogens (tertiary/aromatic N) is 1. The molecule has 3 aromatic carbocycles. The van der Waals surface area contributed by atoms with Crippen molar-refractivity contribution in [1.29, 1.82) is 0 Å². The predicted molar refractivity (Wildman–Crippen MR) is 91.2 cm³/mol. The molecule has 2 heterocycles. The summed E-state index contributed by atoms with van der Waals surface area (Å²) in [5, 5.41) is 6.70. The summed E-state index contributed by atoms with van der Waals surface area (Å²) in [6.07, 6.45) is 1.90. The number of rotatable bonds is 0. The Balaban J connectivity index is 2.11. The maximum absolute atomic E-state index is 4.64. The second-order valence-electron chi connectivity index (χ2n) is 5.28. The van der Waals surface area contributed by atoms with Gasteiger partial charge in [0.05, 0.1) is 0 Å². The Kier molecular flexibility index (Phi) is 2.29. The van der Waals surface area contributed by atoms with Gasteiger partial charge in [-0.3, -0.25) is 0 Å². The third kappa shape index (κ3) is 1.55. The molecular weight excluding hydrogens is 321 g/mol. The molecule has 5 aromatic rings. The monoisotopic (exact) mass is 333 g/mol. The molecule has 0 saturated carbocycles. The first-order chi connectivity index (χ1) is 10.4. The quantitative estimate of drug-likeness (QED) is 0.373. The van der Waals surface area contributed by atoms with Gasteiger partial charge < -0.3 is 0 Å². The molecule has 0 unspecified atom stereocenters. The molecule has 0 spiro atoms. The molecule has 0 bridgehead atoms. The summed E-state index contributed by atoms with van der Waals surface area (Å²) < 4.78 is 2.97. The van der Waals surface area contributed by atoms with E-state index < -0.39 is 0 Å². The summed E-state index contributed by atoms with van der Waals surface area (Å²) in [6.45, 7) is 0. The van der Waals surface area contributed by atoms with Crippen LogP contribution in [-0.2, 0) is 0 Å². The Labute approximate surface area is 127 Å². The van der Waals surface area contributed by atoms with Crippen LogP contribution in [0.25, 0.3) is 41.0 Å². The van der Waals surface area contributed by atoms with E-state index in [1.54, 1.807) is 0 Å². The van der Waals surface area contributed by atoms with Crippen molar-refractivity contribution in [3.8, 4) is 0 Å². The van der Waals surface area contributed by atoms with Crippen molar-refractivity contribution in [3.05, 3.63) is 66.9 Å². The third-order valence-corrected chi connectivity index (χ3v) is 6.62. The zero-order valence-electron chi connectivity index (χ0n) is 11.2. The summed E-state index contributed by atoms with van der Waals surface area (Å²) in [4.78, 5) is 4.64. The van der Waals surface area contributed by atoms with Crippen molar-refractivity contribution in [1.82, 2.24) is 4.98 Å². The van der Waals surface area contributed by atoms with Gasteiger partial charge in [0, 0.05) is 0 Å². The van der Waals surface area contributed by atoms with Crippen LogP contribution >= 0.6 is 0 Å². The van der Waals surface area contributed by atoms with Gasteiger partial charge in [-0.15, -0.1) is 0 Å². The van der Waals surface area contributed by atoms with Gasteiger partial charge in [0.2, 0.25) is 0 Å². The second-order valence-corrected chi connectivity index (χ2v) is 7.49. The van der Waals surface area contributed by atoms with Crippen LogP contribution in [0, 0.1) is 0 Å². The van der Waals surface area contributed by atoms with Gasteiger partial charge in [0.1, 0.15) is 0 Å². The molecule has 2 heteroatoms. The summed E-state index contributed by atoms with van der Waals surface area (Å²) in [7, 11) is 0. The van der Waals surface area contributed by atoms with Gasteiger partial charge in [-0.1, -0.05) is 0 Å². The van der Waals surface area contributed by atoms with Gasteiger partial charge in [0.15, 0.2) is 0 Å². The van der Waals surface area contributed by atoms with Crippen LogP contribution in [-0.4, -0.2) is 19.5 Å². The van der Waals surface area contributed by atoms with E-state index in [9.17, 15) is 0 Å². The Bertz CT molecular complexity index is 1140. The fourth-order valence-electron chi connectivity index (χ4n) is 3.13. The van der Waals surface area contributed by atoms with E-state index >= 15 is 0 Å². The number of aromatic nitrogens is 1. The molecule has 0 aliphatic heterocycles. The van der Waals surface area contributed by atoms with Crippen molar-refractivity contribution in [2.24, 2.45) is 0 Å². The molecule has 0 aliphatic carbocycles. The van der Waals surface area contributed by atoms with Gasteiger partial charge in [0.25, 0.3) is 0 Å². The van der Waals surface area contributed by atoms with E-state index in [1.165, 1.54) is 35.5 Å². The Morgan fingerprint density at radius 1 is 0.714 bits per heavy atom. The van der Waals surface area contributed by atoms with Crippen LogP contribution in [0.15, 0.2) is 66.9 Å². The molecule has 0 atom stereocenters. The predicted octanol–water partition coefficient (Wildman–Crippen LogP) is 4.75. The molecule has 0 fully saturated rings. The normalized spacial score (nSPS) is 11.8. The minimum absolute atomic E-state index is 0.372. The van der Waals surface area contributed by atoms with E-state index in [0.29, 0.717) is 14.5 Å². The van der Waals surface area contributed by atoms with Crippen molar-refractivity contribution in [2.75, 3.05) is 0 Å². The molecule has 21 heavy (non-hydrogen) atoms. The zero-order valence-corrected chi connectivity index (χ0v) is 12.9. The maximum atomic E-state index is 4.64. The molecule has 0 amide bonds. The van der Waals surface area contributed by atoms with Gasteiger partial charge in [-0.05, 0) is 0 Å². The molecule has 0 radical (unpaired) electrons. The van der Waals surface area contributed by atoms with E-state index in [-0.39, 0.29) is 0 Å². The van der Waals surface area contributed by atoms with Crippen LogP contribution < -0.4 is 0 Å². The summed E-state index contributed by atoms with van der Waals surface area (Å²) in [5.41, 5.74) is 1.14. The van der Waals surface area contributed by atoms with Crippen LogP contribution in [0.3, 0.4) is 0 Å². The number of hydrogen-bond donors (Lipinski definition) is 0. The molecule has 5 rings (SSSR count). The fraction of sp³-hybridized carbons (Fsp3) is 0. The van der Waals surface area contributed by atoms with Crippen LogP contribution in [0.4, 0.5) is 0 Å². The molecule has 0 saturated heterocycles. The van der Waals surface area contributed by atoms with Crippen molar-refractivity contribution in [3.63, 3.8) is 0 Å². The Morgan fingerprint density at radius 2 is 1.57 bits per heavy atom. The summed E-state index contributed by atoms with van der Waals surface area (Å²) >= 11 is 0.372. The number of hydrogen-bond acceptors (Lipinski definition) is 1. The standard InChI is InChI=1S/C19H11NSe/c1-2-6-14-12(4-1)7-9-15-17-16(21-19(14)15)10-8-13-5-3-11-20-18(13)17/h1-11H. The molecular formula is C19H11NSe. The summed E-state index contributed by atoms with van der Waals surface area (Å²) in [6, 6.07) is 21.9. The second kappa shape index (κ2) is 4.17. The van der Waals surface area contributed by atoms with Crippen molar-refractivity contribution < 1.29 is 0 Å². The van der Waals surface area contributed by atoms with Crippen LogP contribution in [0.2, 0.25) is 0 Å². The molecule has 0 N–H and O–H groups in total. The SMILES string of the molecule is c1ccc2c(c1)ccc1c2[se]c2ccc3cccnc3c21. The molecule has 2 aromatic heterocycles. The Morgan fingerprint density at radius 3 is 2.57 bits per heavy atom. The molecule has 0 aliphatic rings. The first kappa shape index (κ1) is 11.5. The molecule has 98 valence electrons.